The number of para-hydroxylation sites is 1. The van der Waals surface area contributed by atoms with Crippen LogP contribution in [-0.2, 0) is 10.2 Å². The summed E-state index contributed by atoms with van der Waals surface area (Å²) in [7, 11) is 1.63. The van der Waals surface area contributed by atoms with Gasteiger partial charge >= 0.3 is 0 Å². The number of rotatable bonds is 4. The molecule has 0 spiro atoms. The molecule has 3 heteroatoms. The summed E-state index contributed by atoms with van der Waals surface area (Å²) >= 11 is 0. The van der Waals surface area contributed by atoms with Gasteiger partial charge in [-0.15, -0.1) is 0 Å². The Balaban J connectivity index is 2.19. The summed E-state index contributed by atoms with van der Waals surface area (Å²) < 4.78 is 5.33. The van der Waals surface area contributed by atoms with Gasteiger partial charge in [-0.3, -0.25) is 4.79 Å². The molecule has 0 atom stereocenters. The van der Waals surface area contributed by atoms with Crippen molar-refractivity contribution in [3.8, 4) is 5.75 Å². The molecule has 0 saturated carbocycles. The molecule has 0 aromatic heterocycles. The lowest BCUT2D eigenvalue weighted by Gasteiger charge is -2.22. The van der Waals surface area contributed by atoms with Crippen molar-refractivity contribution in [3.63, 3.8) is 0 Å². The van der Waals surface area contributed by atoms with Gasteiger partial charge in [-0.1, -0.05) is 50.6 Å². The molecule has 3 nitrogen and oxygen atoms in total. The fraction of sp³-hybridized carbons (Fsp3) is 0.286. The minimum atomic E-state index is -0.157. The van der Waals surface area contributed by atoms with Crippen molar-refractivity contribution in [2.75, 3.05) is 12.4 Å². The molecule has 1 amide bonds. The minimum absolute atomic E-state index is 0.0344. The van der Waals surface area contributed by atoms with Crippen LogP contribution in [-0.4, -0.2) is 13.0 Å². The number of hydrogen-bond donors (Lipinski definition) is 1. The first kappa shape index (κ1) is 17.8. The van der Waals surface area contributed by atoms with Crippen LogP contribution in [0.25, 0.3) is 6.08 Å². The molecule has 0 aliphatic carbocycles. The Labute approximate surface area is 144 Å². The second-order valence-electron chi connectivity index (χ2n) is 6.86. The molecular formula is C21H25NO2. The average Bonchev–Trinajstić information content (AvgIpc) is 2.52. The van der Waals surface area contributed by atoms with E-state index < -0.39 is 0 Å². The molecule has 2 aromatic carbocycles. The first-order valence-electron chi connectivity index (χ1n) is 8.04. The lowest BCUT2D eigenvalue weighted by molar-refractivity contribution is -0.111. The van der Waals surface area contributed by atoms with E-state index in [-0.39, 0.29) is 11.3 Å². The molecule has 1 N–H and O–H groups in total. The number of hydrogen-bond acceptors (Lipinski definition) is 2. The molecule has 0 saturated heterocycles. The molecule has 0 aliphatic rings. The van der Waals surface area contributed by atoms with Crippen LogP contribution in [0.15, 0.2) is 48.5 Å². The van der Waals surface area contributed by atoms with E-state index >= 15 is 0 Å². The molecule has 0 aliphatic heterocycles. The van der Waals surface area contributed by atoms with Crippen molar-refractivity contribution in [2.45, 2.75) is 33.1 Å². The van der Waals surface area contributed by atoms with E-state index in [0.717, 1.165) is 28.1 Å². The number of carbonyl (C=O) groups is 1. The highest BCUT2D eigenvalue weighted by molar-refractivity contribution is 6.02. The van der Waals surface area contributed by atoms with Crippen LogP contribution in [0.3, 0.4) is 0 Å². The van der Waals surface area contributed by atoms with Crippen LogP contribution in [0.1, 0.15) is 37.5 Å². The smallest absolute Gasteiger partial charge is 0.248 e. The summed E-state index contributed by atoms with van der Waals surface area (Å²) in [4.78, 5) is 12.3. The summed E-state index contributed by atoms with van der Waals surface area (Å²) in [6.45, 7) is 8.40. The van der Waals surface area contributed by atoms with E-state index in [2.05, 4.69) is 26.1 Å². The van der Waals surface area contributed by atoms with E-state index in [9.17, 15) is 4.79 Å². The molecule has 0 fully saturated rings. The maximum atomic E-state index is 12.3. The van der Waals surface area contributed by atoms with Gasteiger partial charge in [-0.25, -0.2) is 0 Å². The Morgan fingerprint density at radius 1 is 1.12 bits per heavy atom. The quantitative estimate of drug-likeness (QED) is 0.808. The molecule has 2 rings (SSSR count). The Morgan fingerprint density at radius 2 is 1.83 bits per heavy atom. The zero-order valence-electron chi connectivity index (χ0n) is 15.0. The summed E-state index contributed by atoms with van der Waals surface area (Å²) in [5.41, 5.74) is 3.93. The van der Waals surface area contributed by atoms with Gasteiger partial charge in [-0.2, -0.15) is 0 Å². The van der Waals surface area contributed by atoms with Crippen molar-refractivity contribution >= 4 is 17.7 Å². The van der Waals surface area contributed by atoms with Gasteiger partial charge in [0.05, 0.1) is 7.11 Å². The zero-order chi connectivity index (χ0) is 17.7. The van der Waals surface area contributed by atoms with Crippen LogP contribution < -0.4 is 10.1 Å². The van der Waals surface area contributed by atoms with Crippen molar-refractivity contribution in [3.05, 3.63) is 65.2 Å². The second kappa shape index (κ2) is 7.35. The number of benzene rings is 2. The third-order valence-corrected chi connectivity index (χ3v) is 3.79. The number of carbonyl (C=O) groups excluding carboxylic acids is 1. The van der Waals surface area contributed by atoms with Crippen LogP contribution in [0, 0.1) is 6.92 Å². The Morgan fingerprint density at radius 3 is 2.50 bits per heavy atom. The van der Waals surface area contributed by atoms with Crippen LogP contribution in [0.5, 0.6) is 5.75 Å². The Hall–Kier alpha value is -2.55. The average molecular weight is 323 g/mol. The molecule has 24 heavy (non-hydrogen) atoms. The lowest BCUT2D eigenvalue weighted by Crippen LogP contribution is -2.17. The summed E-state index contributed by atoms with van der Waals surface area (Å²) in [6.07, 6.45) is 3.32. The van der Waals surface area contributed by atoms with Crippen LogP contribution >= 0.6 is 0 Å². The SMILES string of the molecule is COc1ccc(C)cc1/C=C/C(=O)Nc1ccccc1C(C)(C)C. The number of methoxy groups -OCH3 is 1. The number of ether oxygens (including phenoxy) is 1. The highest BCUT2D eigenvalue weighted by atomic mass is 16.5. The van der Waals surface area contributed by atoms with Gasteiger partial charge in [-0.05, 0) is 42.2 Å². The van der Waals surface area contributed by atoms with Crippen molar-refractivity contribution < 1.29 is 9.53 Å². The summed E-state index contributed by atoms with van der Waals surface area (Å²) in [5, 5.41) is 2.97. The van der Waals surface area contributed by atoms with Crippen LogP contribution in [0.2, 0.25) is 0 Å². The minimum Gasteiger partial charge on any atom is -0.496 e. The first-order chi connectivity index (χ1) is 11.3. The monoisotopic (exact) mass is 323 g/mol. The number of nitrogens with one attached hydrogen (secondary N) is 1. The Kier molecular flexibility index (Phi) is 5.45. The highest BCUT2D eigenvalue weighted by Crippen LogP contribution is 2.29. The van der Waals surface area contributed by atoms with Gasteiger partial charge in [0, 0.05) is 17.3 Å². The van der Waals surface area contributed by atoms with E-state index in [1.807, 2.05) is 49.4 Å². The molecule has 0 radical (unpaired) electrons. The van der Waals surface area contributed by atoms with Gasteiger partial charge in [0.15, 0.2) is 0 Å². The van der Waals surface area contributed by atoms with Crippen molar-refractivity contribution in [2.24, 2.45) is 0 Å². The van der Waals surface area contributed by atoms with Crippen LogP contribution in [0.4, 0.5) is 5.69 Å². The Bertz CT molecular complexity index is 755. The normalized spacial score (nSPS) is 11.5. The molecule has 126 valence electrons. The third kappa shape index (κ3) is 4.48. The van der Waals surface area contributed by atoms with Gasteiger partial charge in [0.25, 0.3) is 0 Å². The molecule has 0 heterocycles. The molecule has 0 unspecified atom stereocenters. The van der Waals surface area contributed by atoms with Gasteiger partial charge in [0.1, 0.15) is 5.75 Å². The van der Waals surface area contributed by atoms with Gasteiger partial charge in [0.2, 0.25) is 5.91 Å². The summed E-state index contributed by atoms with van der Waals surface area (Å²) in [6, 6.07) is 13.8. The maximum Gasteiger partial charge on any atom is 0.248 e. The predicted molar refractivity (Wildman–Crippen MR) is 101 cm³/mol. The van der Waals surface area contributed by atoms with Crippen molar-refractivity contribution in [1.29, 1.82) is 0 Å². The van der Waals surface area contributed by atoms with E-state index in [1.54, 1.807) is 13.2 Å². The molecule has 0 bridgehead atoms. The topological polar surface area (TPSA) is 38.3 Å². The number of amides is 1. The number of anilines is 1. The van der Waals surface area contributed by atoms with E-state index in [0.29, 0.717) is 0 Å². The maximum absolute atomic E-state index is 12.3. The first-order valence-corrected chi connectivity index (χ1v) is 8.04. The fourth-order valence-electron chi connectivity index (χ4n) is 2.57. The number of aryl methyl sites for hydroxylation is 1. The highest BCUT2D eigenvalue weighted by Gasteiger charge is 2.17. The van der Waals surface area contributed by atoms with Gasteiger partial charge < -0.3 is 10.1 Å². The molecule has 2 aromatic rings. The lowest BCUT2D eigenvalue weighted by atomic mass is 9.86. The second-order valence-corrected chi connectivity index (χ2v) is 6.86. The zero-order valence-corrected chi connectivity index (χ0v) is 15.0. The summed E-state index contributed by atoms with van der Waals surface area (Å²) in [5.74, 6) is 0.593. The third-order valence-electron chi connectivity index (χ3n) is 3.79. The predicted octanol–water partition coefficient (Wildman–Crippen LogP) is 4.95. The van der Waals surface area contributed by atoms with E-state index in [4.69, 9.17) is 4.74 Å². The fourth-order valence-corrected chi connectivity index (χ4v) is 2.57. The largest absolute Gasteiger partial charge is 0.496 e. The van der Waals surface area contributed by atoms with Crippen molar-refractivity contribution in [1.82, 2.24) is 0 Å². The van der Waals surface area contributed by atoms with E-state index in [1.165, 1.54) is 6.08 Å². The standard InChI is InChI=1S/C21H25NO2/c1-15-10-12-19(24-5)16(14-15)11-13-20(23)22-18-9-7-6-8-17(18)21(2,3)4/h6-14H,1-5H3,(H,22,23)/b13-11+. The molecular weight excluding hydrogens is 298 g/mol.